The molecular weight excluding hydrogens is 278 g/mol. The molecule has 1 N–H and O–H groups in total. The van der Waals surface area contributed by atoms with Crippen LogP contribution in [0.3, 0.4) is 0 Å². The minimum absolute atomic E-state index is 0.0498. The highest BCUT2D eigenvalue weighted by atomic mass is 32.2. The van der Waals surface area contributed by atoms with E-state index in [9.17, 15) is 13.2 Å². The second-order valence-electron chi connectivity index (χ2n) is 5.11. The van der Waals surface area contributed by atoms with Crippen molar-refractivity contribution in [1.29, 1.82) is 0 Å². The number of carbonyl (C=O) groups is 1. The number of benzene rings is 1. The van der Waals surface area contributed by atoms with Crippen LogP contribution < -0.4 is 0 Å². The van der Waals surface area contributed by atoms with Gasteiger partial charge in [0.15, 0.2) is 9.84 Å². The van der Waals surface area contributed by atoms with E-state index >= 15 is 0 Å². The van der Waals surface area contributed by atoms with Crippen LogP contribution in [0.15, 0.2) is 24.4 Å². The predicted octanol–water partition coefficient (Wildman–Crippen LogP) is 0.822. The van der Waals surface area contributed by atoms with Crippen LogP contribution in [-0.2, 0) is 9.84 Å². The second-order valence-corrected chi connectivity index (χ2v) is 7.34. The molecule has 0 saturated carbocycles. The van der Waals surface area contributed by atoms with Crippen LogP contribution in [0.1, 0.15) is 16.8 Å². The van der Waals surface area contributed by atoms with Crippen molar-refractivity contribution in [3.63, 3.8) is 0 Å². The monoisotopic (exact) mass is 293 g/mol. The lowest BCUT2D eigenvalue weighted by Gasteiger charge is -2.23. The van der Waals surface area contributed by atoms with E-state index in [1.54, 1.807) is 25.4 Å². The van der Waals surface area contributed by atoms with E-state index < -0.39 is 9.84 Å². The standard InChI is InChI=1S/C13H15N3O3S/c1-16(10-5-6-20(18,19)8-10)13(17)11-4-2-3-9-7-14-15-12(9)11/h2-4,7,10H,5-6,8H2,1H3,(H,14,15)/t10-/m1/s1. The molecule has 2 aromatic rings. The maximum Gasteiger partial charge on any atom is 0.256 e. The summed E-state index contributed by atoms with van der Waals surface area (Å²) >= 11 is 0. The number of sulfone groups is 1. The molecule has 0 radical (unpaired) electrons. The summed E-state index contributed by atoms with van der Waals surface area (Å²) in [5.41, 5.74) is 1.21. The molecule has 0 unspecified atom stereocenters. The summed E-state index contributed by atoms with van der Waals surface area (Å²) in [4.78, 5) is 14.1. The summed E-state index contributed by atoms with van der Waals surface area (Å²) in [6.07, 6.45) is 2.16. The number of rotatable bonds is 2. The van der Waals surface area contributed by atoms with Gasteiger partial charge in [0.25, 0.3) is 5.91 Å². The molecule has 1 aliphatic rings. The smallest absolute Gasteiger partial charge is 0.256 e. The Morgan fingerprint density at radius 1 is 1.45 bits per heavy atom. The van der Waals surface area contributed by atoms with Gasteiger partial charge < -0.3 is 4.90 Å². The minimum Gasteiger partial charge on any atom is -0.338 e. The summed E-state index contributed by atoms with van der Waals surface area (Å²) in [6, 6.07) is 5.15. The number of nitrogens with one attached hydrogen (secondary N) is 1. The van der Waals surface area contributed by atoms with Gasteiger partial charge in [0.2, 0.25) is 0 Å². The molecule has 1 aromatic heterocycles. The van der Waals surface area contributed by atoms with Gasteiger partial charge in [-0.15, -0.1) is 0 Å². The summed E-state index contributed by atoms with van der Waals surface area (Å²) < 4.78 is 23.0. The van der Waals surface area contributed by atoms with Crippen LogP contribution in [0.2, 0.25) is 0 Å². The Hall–Kier alpha value is -1.89. The molecule has 2 heterocycles. The molecule has 1 amide bonds. The lowest BCUT2D eigenvalue weighted by Crippen LogP contribution is -2.37. The number of carbonyl (C=O) groups excluding carboxylic acids is 1. The van der Waals surface area contributed by atoms with Crippen molar-refractivity contribution in [2.24, 2.45) is 0 Å². The highest BCUT2D eigenvalue weighted by Gasteiger charge is 2.33. The molecule has 1 fully saturated rings. The number of aromatic amines is 1. The Bertz CT molecular complexity index is 766. The molecule has 3 rings (SSSR count). The number of para-hydroxylation sites is 1. The van der Waals surface area contributed by atoms with E-state index in [2.05, 4.69) is 10.2 Å². The largest absolute Gasteiger partial charge is 0.338 e. The first-order valence-electron chi connectivity index (χ1n) is 6.37. The van der Waals surface area contributed by atoms with E-state index in [1.807, 2.05) is 6.07 Å². The Balaban J connectivity index is 1.91. The number of hydrogen-bond donors (Lipinski definition) is 1. The molecule has 0 spiro atoms. The fourth-order valence-corrected chi connectivity index (χ4v) is 4.36. The van der Waals surface area contributed by atoms with Crippen LogP contribution in [0, 0.1) is 0 Å². The van der Waals surface area contributed by atoms with Gasteiger partial charge in [-0.05, 0) is 12.5 Å². The number of hydrogen-bond acceptors (Lipinski definition) is 4. The Kier molecular flexibility index (Phi) is 3.01. The van der Waals surface area contributed by atoms with Crippen molar-refractivity contribution in [3.8, 4) is 0 Å². The van der Waals surface area contributed by atoms with Gasteiger partial charge >= 0.3 is 0 Å². The second kappa shape index (κ2) is 4.59. The SMILES string of the molecule is CN(C(=O)c1cccc2cn[nH]c12)[C@@H]1CCS(=O)(=O)C1. The molecule has 1 atom stereocenters. The molecule has 7 heteroatoms. The molecular formula is C13H15N3O3S. The van der Waals surface area contributed by atoms with Crippen LogP contribution in [0.5, 0.6) is 0 Å². The molecule has 1 aliphatic heterocycles. The highest BCUT2D eigenvalue weighted by molar-refractivity contribution is 7.91. The third kappa shape index (κ3) is 2.18. The quantitative estimate of drug-likeness (QED) is 0.888. The summed E-state index contributed by atoms with van der Waals surface area (Å²) in [6.45, 7) is 0. The molecule has 20 heavy (non-hydrogen) atoms. The fourth-order valence-electron chi connectivity index (χ4n) is 2.58. The molecule has 6 nitrogen and oxygen atoms in total. The normalized spacial score (nSPS) is 21.1. The Morgan fingerprint density at radius 3 is 2.95 bits per heavy atom. The highest BCUT2D eigenvalue weighted by Crippen LogP contribution is 2.21. The van der Waals surface area contributed by atoms with Gasteiger partial charge in [0.1, 0.15) is 0 Å². The Labute approximate surface area is 116 Å². The van der Waals surface area contributed by atoms with Crippen LogP contribution in [0.25, 0.3) is 10.9 Å². The van der Waals surface area contributed by atoms with Crippen molar-refractivity contribution in [2.75, 3.05) is 18.6 Å². The zero-order valence-corrected chi connectivity index (χ0v) is 11.9. The van der Waals surface area contributed by atoms with Crippen molar-refractivity contribution in [1.82, 2.24) is 15.1 Å². The zero-order chi connectivity index (χ0) is 14.3. The maximum absolute atomic E-state index is 12.5. The predicted molar refractivity (Wildman–Crippen MR) is 75.2 cm³/mol. The number of H-pyrrole nitrogens is 1. The lowest BCUT2D eigenvalue weighted by atomic mass is 10.1. The molecule has 0 bridgehead atoms. The average Bonchev–Trinajstić information content (AvgIpc) is 3.02. The molecule has 0 aliphatic carbocycles. The first kappa shape index (κ1) is 13.1. The van der Waals surface area contributed by atoms with Gasteiger partial charge in [-0.2, -0.15) is 5.10 Å². The number of fused-ring (bicyclic) bond motifs is 1. The van der Waals surface area contributed by atoms with E-state index in [4.69, 9.17) is 0 Å². The number of amides is 1. The minimum atomic E-state index is -3.00. The van der Waals surface area contributed by atoms with Crippen molar-refractivity contribution in [3.05, 3.63) is 30.0 Å². The van der Waals surface area contributed by atoms with Gasteiger partial charge in [-0.3, -0.25) is 9.89 Å². The van der Waals surface area contributed by atoms with Gasteiger partial charge in [-0.1, -0.05) is 12.1 Å². The molecule has 106 valence electrons. The van der Waals surface area contributed by atoms with Crippen LogP contribution in [-0.4, -0.2) is 54.0 Å². The van der Waals surface area contributed by atoms with Gasteiger partial charge in [0, 0.05) is 18.5 Å². The van der Waals surface area contributed by atoms with E-state index in [-0.39, 0.29) is 23.5 Å². The van der Waals surface area contributed by atoms with E-state index in [1.165, 1.54) is 4.90 Å². The molecule has 1 aromatic carbocycles. The van der Waals surface area contributed by atoms with E-state index in [0.29, 0.717) is 17.5 Å². The van der Waals surface area contributed by atoms with Crippen molar-refractivity contribution < 1.29 is 13.2 Å². The average molecular weight is 293 g/mol. The van der Waals surface area contributed by atoms with Crippen LogP contribution in [0.4, 0.5) is 0 Å². The number of nitrogens with zero attached hydrogens (tertiary/aromatic N) is 2. The third-order valence-electron chi connectivity index (χ3n) is 3.78. The fraction of sp³-hybridized carbons (Fsp3) is 0.385. The first-order chi connectivity index (χ1) is 9.48. The summed E-state index contributed by atoms with van der Waals surface area (Å²) in [5, 5.41) is 7.61. The number of aromatic nitrogens is 2. The van der Waals surface area contributed by atoms with Crippen molar-refractivity contribution in [2.45, 2.75) is 12.5 Å². The Morgan fingerprint density at radius 2 is 2.25 bits per heavy atom. The topological polar surface area (TPSA) is 83.1 Å². The van der Waals surface area contributed by atoms with Gasteiger partial charge in [0.05, 0.1) is 28.8 Å². The molecule has 1 saturated heterocycles. The lowest BCUT2D eigenvalue weighted by molar-refractivity contribution is 0.0749. The summed E-state index contributed by atoms with van der Waals surface area (Å²) in [7, 11) is -1.35. The van der Waals surface area contributed by atoms with Crippen molar-refractivity contribution >= 4 is 26.6 Å². The zero-order valence-electron chi connectivity index (χ0n) is 11.0. The van der Waals surface area contributed by atoms with Crippen LogP contribution >= 0.6 is 0 Å². The van der Waals surface area contributed by atoms with E-state index in [0.717, 1.165) is 5.39 Å². The summed E-state index contributed by atoms with van der Waals surface area (Å²) in [5.74, 6) is 0.0273. The third-order valence-corrected chi connectivity index (χ3v) is 5.53. The first-order valence-corrected chi connectivity index (χ1v) is 8.20. The maximum atomic E-state index is 12.5. The van der Waals surface area contributed by atoms with Gasteiger partial charge in [-0.25, -0.2) is 8.42 Å².